The Kier molecular flexibility index (Phi) is 4.91. The number of halogens is 4. The predicted molar refractivity (Wildman–Crippen MR) is 99.2 cm³/mol. The van der Waals surface area contributed by atoms with E-state index in [4.69, 9.17) is 16.0 Å². The van der Waals surface area contributed by atoms with Crippen molar-refractivity contribution in [2.75, 3.05) is 13.1 Å². The van der Waals surface area contributed by atoms with Crippen LogP contribution in [0.15, 0.2) is 34.7 Å². The Morgan fingerprint density at radius 2 is 1.93 bits per heavy atom. The Labute approximate surface area is 165 Å². The van der Waals surface area contributed by atoms with Gasteiger partial charge in [-0.05, 0) is 69.1 Å². The van der Waals surface area contributed by atoms with Gasteiger partial charge >= 0.3 is 6.18 Å². The van der Waals surface area contributed by atoms with Gasteiger partial charge in [-0.2, -0.15) is 13.2 Å². The largest absolute Gasteiger partial charge is 0.451 e. The summed E-state index contributed by atoms with van der Waals surface area (Å²) in [5.74, 6) is 0.270. The van der Waals surface area contributed by atoms with Crippen LogP contribution < -0.4 is 5.32 Å². The number of carbonyl (C=O) groups is 1. The van der Waals surface area contributed by atoms with E-state index in [1.807, 2.05) is 0 Å². The number of fused-ring (bicyclic) bond motifs is 3. The first kappa shape index (κ1) is 19.3. The lowest BCUT2D eigenvalue weighted by Crippen LogP contribution is -2.62. The first-order chi connectivity index (χ1) is 13.2. The Morgan fingerprint density at radius 1 is 1.21 bits per heavy atom. The minimum atomic E-state index is -4.49. The smallest absolute Gasteiger partial charge is 0.416 e. The maximum absolute atomic E-state index is 13.0. The summed E-state index contributed by atoms with van der Waals surface area (Å²) in [5, 5.41) is 3.17. The molecule has 3 fully saturated rings. The molecule has 1 aromatic heterocycles. The number of nitrogens with zero attached hydrogens (tertiary/aromatic N) is 1. The van der Waals surface area contributed by atoms with Crippen LogP contribution in [0.3, 0.4) is 0 Å². The van der Waals surface area contributed by atoms with E-state index in [1.165, 1.54) is 18.2 Å². The van der Waals surface area contributed by atoms with E-state index in [2.05, 4.69) is 17.1 Å². The third-order valence-electron chi connectivity index (χ3n) is 5.86. The number of rotatable bonds is 3. The second-order valence-electron chi connectivity index (χ2n) is 7.47. The molecule has 28 heavy (non-hydrogen) atoms. The van der Waals surface area contributed by atoms with Gasteiger partial charge in [0.05, 0.1) is 10.6 Å². The summed E-state index contributed by atoms with van der Waals surface area (Å²) in [7, 11) is 0. The zero-order valence-corrected chi connectivity index (χ0v) is 16.0. The molecule has 0 radical (unpaired) electrons. The van der Waals surface area contributed by atoms with Gasteiger partial charge in [-0.15, -0.1) is 0 Å². The van der Waals surface area contributed by atoms with Crippen LogP contribution in [-0.2, 0) is 6.18 Å². The molecule has 3 saturated heterocycles. The molecule has 0 spiro atoms. The van der Waals surface area contributed by atoms with Gasteiger partial charge in [0.15, 0.2) is 5.76 Å². The molecule has 3 aliphatic rings. The first-order valence-corrected chi connectivity index (χ1v) is 9.63. The van der Waals surface area contributed by atoms with E-state index in [-0.39, 0.29) is 40.1 Å². The topological polar surface area (TPSA) is 45.5 Å². The molecule has 0 saturated carbocycles. The summed E-state index contributed by atoms with van der Waals surface area (Å²) in [6, 6.07) is 6.25. The van der Waals surface area contributed by atoms with E-state index in [1.54, 1.807) is 0 Å². The van der Waals surface area contributed by atoms with Crippen molar-refractivity contribution in [3.63, 3.8) is 0 Å². The van der Waals surface area contributed by atoms with Gasteiger partial charge in [-0.1, -0.05) is 11.6 Å². The number of furan rings is 1. The fourth-order valence-electron chi connectivity index (χ4n) is 4.26. The average molecular weight is 413 g/mol. The molecular formula is C20H20ClF3N2O2. The fourth-order valence-corrected chi connectivity index (χ4v) is 4.47. The summed E-state index contributed by atoms with van der Waals surface area (Å²) < 4.78 is 44.5. The van der Waals surface area contributed by atoms with Gasteiger partial charge < -0.3 is 9.73 Å². The standard InChI is InChI=1S/C20H20ClF3N2O2/c1-11-18(12-6-8-26(11)9-7-12)25-19(27)17-5-4-16(28-17)14-10-13(20(22,23)24)2-3-15(14)21/h2-5,10-12,18H,6-9H2,1H3,(H,25,27). The molecule has 4 nitrogen and oxygen atoms in total. The number of carbonyl (C=O) groups excluding carboxylic acids is 1. The SMILES string of the molecule is CC1C(NC(=O)c2ccc(-c3cc(C(F)(F)F)ccc3Cl)o2)C2CCN1CC2. The third-order valence-corrected chi connectivity index (χ3v) is 6.19. The van der Waals surface area contributed by atoms with Crippen molar-refractivity contribution in [2.45, 2.75) is 38.0 Å². The monoisotopic (exact) mass is 412 g/mol. The Hall–Kier alpha value is -1.99. The molecule has 3 aliphatic heterocycles. The first-order valence-electron chi connectivity index (χ1n) is 9.26. The summed E-state index contributed by atoms with van der Waals surface area (Å²) >= 11 is 6.05. The fraction of sp³-hybridized carbons (Fsp3) is 0.450. The van der Waals surface area contributed by atoms with Crippen molar-refractivity contribution >= 4 is 17.5 Å². The highest BCUT2D eigenvalue weighted by Gasteiger charge is 2.40. The van der Waals surface area contributed by atoms with Crippen LogP contribution in [0.4, 0.5) is 13.2 Å². The van der Waals surface area contributed by atoms with Crippen molar-refractivity contribution in [1.29, 1.82) is 0 Å². The molecule has 2 bridgehead atoms. The van der Waals surface area contributed by atoms with Crippen LogP contribution in [0.2, 0.25) is 5.02 Å². The number of alkyl halides is 3. The molecule has 1 amide bonds. The van der Waals surface area contributed by atoms with Gasteiger partial charge in [0.1, 0.15) is 5.76 Å². The van der Waals surface area contributed by atoms with Crippen molar-refractivity contribution in [3.05, 3.63) is 46.7 Å². The summed E-state index contributed by atoms with van der Waals surface area (Å²) in [6.07, 6.45) is -2.38. The Balaban J connectivity index is 1.54. The zero-order valence-electron chi connectivity index (χ0n) is 15.2. The van der Waals surface area contributed by atoms with Gasteiger partial charge in [0.25, 0.3) is 5.91 Å². The third kappa shape index (κ3) is 3.53. The highest BCUT2D eigenvalue weighted by Crippen LogP contribution is 2.37. The van der Waals surface area contributed by atoms with Crippen LogP contribution in [0.5, 0.6) is 0 Å². The molecule has 5 rings (SSSR count). The minimum absolute atomic E-state index is 0.0423. The molecule has 2 atom stereocenters. The van der Waals surface area contributed by atoms with Gasteiger partial charge in [0.2, 0.25) is 0 Å². The zero-order chi connectivity index (χ0) is 20.1. The maximum atomic E-state index is 13.0. The molecule has 8 heteroatoms. The normalized spacial score (nSPS) is 27.0. The number of hydrogen-bond donors (Lipinski definition) is 1. The molecule has 2 unspecified atom stereocenters. The summed E-state index contributed by atoms with van der Waals surface area (Å²) in [5.41, 5.74) is -0.720. The molecule has 150 valence electrons. The number of hydrogen-bond acceptors (Lipinski definition) is 3. The predicted octanol–water partition coefficient (Wildman–Crippen LogP) is 4.83. The van der Waals surface area contributed by atoms with Crippen molar-refractivity contribution in [1.82, 2.24) is 10.2 Å². The average Bonchev–Trinajstić information content (AvgIpc) is 3.14. The lowest BCUT2D eigenvalue weighted by atomic mass is 9.79. The van der Waals surface area contributed by atoms with Crippen molar-refractivity contribution in [2.24, 2.45) is 5.92 Å². The molecule has 2 aromatic rings. The van der Waals surface area contributed by atoms with E-state index in [9.17, 15) is 18.0 Å². The molecule has 1 aromatic carbocycles. The molecular weight excluding hydrogens is 393 g/mol. The van der Waals surface area contributed by atoms with Crippen LogP contribution in [0.1, 0.15) is 35.9 Å². The number of benzene rings is 1. The van der Waals surface area contributed by atoms with Gasteiger partial charge in [-0.3, -0.25) is 9.69 Å². The highest BCUT2D eigenvalue weighted by molar-refractivity contribution is 6.33. The highest BCUT2D eigenvalue weighted by atomic mass is 35.5. The van der Waals surface area contributed by atoms with Crippen LogP contribution in [0.25, 0.3) is 11.3 Å². The van der Waals surface area contributed by atoms with Crippen LogP contribution in [-0.4, -0.2) is 36.0 Å². The number of amides is 1. The maximum Gasteiger partial charge on any atom is 0.416 e. The van der Waals surface area contributed by atoms with Gasteiger partial charge in [-0.25, -0.2) is 0 Å². The number of nitrogens with one attached hydrogen (secondary N) is 1. The summed E-state index contributed by atoms with van der Waals surface area (Å²) in [4.78, 5) is 15.0. The van der Waals surface area contributed by atoms with Gasteiger partial charge in [0, 0.05) is 17.6 Å². The van der Waals surface area contributed by atoms with Crippen molar-refractivity contribution < 1.29 is 22.4 Å². The van der Waals surface area contributed by atoms with Crippen LogP contribution in [0, 0.1) is 5.92 Å². The van der Waals surface area contributed by atoms with Crippen LogP contribution >= 0.6 is 11.6 Å². The van der Waals surface area contributed by atoms with E-state index < -0.39 is 11.7 Å². The second-order valence-corrected chi connectivity index (χ2v) is 7.88. The molecule has 0 aliphatic carbocycles. The second kappa shape index (κ2) is 7.12. The lowest BCUT2D eigenvalue weighted by molar-refractivity contribution is -0.137. The minimum Gasteiger partial charge on any atom is -0.451 e. The Morgan fingerprint density at radius 3 is 2.57 bits per heavy atom. The van der Waals surface area contributed by atoms with E-state index >= 15 is 0 Å². The molecule has 4 heterocycles. The quantitative estimate of drug-likeness (QED) is 0.785. The summed E-state index contributed by atoms with van der Waals surface area (Å²) in [6.45, 7) is 4.21. The van der Waals surface area contributed by atoms with E-state index in [0.717, 1.165) is 38.1 Å². The lowest BCUT2D eigenvalue weighted by Gasteiger charge is -2.49. The Bertz CT molecular complexity index is 886. The van der Waals surface area contributed by atoms with Crippen molar-refractivity contribution in [3.8, 4) is 11.3 Å². The van der Waals surface area contributed by atoms with E-state index in [0.29, 0.717) is 5.92 Å². The molecule has 1 N–H and O–H groups in total. The number of piperidine rings is 3.